The quantitative estimate of drug-likeness (QED) is 0.0376. The fourth-order valence-corrected chi connectivity index (χ4v) is 9.61. The number of imide groups is 2. The molecule has 4 amide bonds. The number of azo groups is 1. The molecule has 59 heavy (non-hydrogen) atoms. The lowest BCUT2D eigenvalue weighted by Crippen LogP contribution is -2.60. The molecule has 4 aromatic carbocycles. The fourth-order valence-electron chi connectivity index (χ4n) is 8.67. The van der Waals surface area contributed by atoms with Crippen LogP contribution in [-0.2, 0) is 19.2 Å². The Morgan fingerprint density at radius 3 is 1.92 bits per heavy atom. The lowest BCUT2D eigenvalue weighted by atomic mass is 9.56. The van der Waals surface area contributed by atoms with E-state index in [1.807, 2.05) is 31.1 Å². The number of carbonyl (C=O) groups excluding carboxylic acids is 4. The maximum atomic E-state index is 15.3. The number of alkyl halides is 2. The van der Waals surface area contributed by atoms with Crippen molar-refractivity contribution in [2.45, 2.75) is 28.5 Å². The molecule has 18 heteroatoms. The molecule has 2 saturated heterocycles. The van der Waals surface area contributed by atoms with E-state index in [1.165, 1.54) is 37.4 Å². The number of allylic oxidation sites excluding steroid dienone is 2. The van der Waals surface area contributed by atoms with Crippen LogP contribution in [0, 0.1) is 46.8 Å². The topological polar surface area (TPSA) is 132 Å². The summed E-state index contributed by atoms with van der Waals surface area (Å²) in [5, 5.41) is 18.9. The number of benzene rings is 4. The lowest BCUT2D eigenvalue weighted by Gasteiger charge is -2.50. The molecule has 0 aromatic heterocycles. The molecule has 6 atom stereocenters. The molecule has 304 valence electrons. The molecular weight excluding hydrogens is 824 g/mol. The van der Waals surface area contributed by atoms with E-state index in [1.54, 1.807) is 30.3 Å². The second-order valence-electron chi connectivity index (χ2n) is 14.8. The monoisotopic (exact) mass is 853 g/mol. The standard InChI is InChI=1S/C41H30Cl2F5N5O6/c1-51(2)21-9-5-19(6-10-21)49-50-20-7-11-22(12-8-20)52-36(55)24-14-13-23-25(28(24)37(52)56)17-40(42)38(57)53(35-33(47)31(45)30(44)32(46)34(35)48)39(58)41(40,43)29(23)18-4-15-26(54)27(16-18)59-3/h4-13,15-16,24-25,28-29,54H,14,17H2,1-3H3/t24-,25+,28-,29-,40+,41-/m0/s1. The van der Waals surface area contributed by atoms with Crippen LogP contribution in [0.25, 0.3) is 0 Å². The Hall–Kier alpha value is -5.87. The number of carbonyl (C=O) groups is 4. The zero-order valence-corrected chi connectivity index (χ0v) is 32.5. The van der Waals surface area contributed by atoms with Crippen molar-refractivity contribution in [3.05, 3.63) is 113 Å². The number of ether oxygens (including phenoxy) is 1. The number of aromatic hydroxyl groups is 1. The first-order chi connectivity index (χ1) is 28.0. The molecule has 0 radical (unpaired) electrons. The van der Waals surface area contributed by atoms with Crippen LogP contribution in [0.4, 0.5) is 50.4 Å². The average Bonchev–Trinajstić information content (AvgIpc) is 3.56. The Morgan fingerprint density at radius 2 is 1.34 bits per heavy atom. The Bertz CT molecular complexity index is 2530. The van der Waals surface area contributed by atoms with Crippen molar-refractivity contribution in [2.24, 2.45) is 28.0 Å². The summed E-state index contributed by atoms with van der Waals surface area (Å²) in [6, 6.07) is 17.2. The van der Waals surface area contributed by atoms with Gasteiger partial charge >= 0.3 is 0 Å². The Kier molecular flexibility index (Phi) is 9.58. The zero-order chi connectivity index (χ0) is 42.5. The first-order valence-corrected chi connectivity index (χ1v) is 18.7. The predicted octanol–water partition coefficient (Wildman–Crippen LogP) is 8.35. The van der Waals surface area contributed by atoms with Crippen molar-refractivity contribution < 1.29 is 51.0 Å². The number of hydrogen-bond acceptors (Lipinski definition) is 9. The highest BCUT2D eigenvalue weighted by Crippen LogP contribution is 2.66. The van der Waals surface area contributed by atoms with E-state index >= 15 is 8.78 Å². The van der Waals surface area contributed by atoms with Gasteiger partial charge in [0, 0.05) is 25.7 Å². The van der Waals surface area contributed by atoms with Crippen LogP contribution in [0.1, 0.15) is 24.3 Å². The number of phenols is 1. The van der Waals surface area contributed by atoms with Crippen molar-refractivity contribution in [3.8, 4) is 11.5 Å². The van der Waals surface area contributed by atoms with Gasteiger partial charge in [0.1, 0.15) is 5.69 Å². The number of fused-ring (bicyclic) bond motifs is 4. The highest BCUT2D eigenvalue weighted by molar-refractivity contribution is 6.58. The number of hydrogen-bond donors (Lipinski definition) is 1. The van der Waals surface area contributed by atoms with Crippen molar-refractivity contribution in [2.75, 3.05) is 35.9 Å². The normalized spacial score (nSPS) is 26.3. The molecule has 1 N–H and O–H groups in total. The van der Waals surface area contributed by atoms with Gasteiger partial charge in [-0.3, -0.25) is 24.1 Å². The Labute approximate surface area is 342 Å². The second-order valence-corrected chi connectivity index (χ2v) is 16.0. The van der Waals surface area contributed by atoms with Gasteiger partial charge < -0.3 is 14.7 Å². The molecule has 2 heterocycles. The van der Waals surface area contributed by atoms with Gasteiger partial charge in [-0.2, -0.15) is 10.2 Å². The summed E-state index contributed by atoms with van der Waals surface area (Å²) in [6.07, 6.45) is 0.835. The van der Waals surface area contributed by atoms with Crippen molar-refractivity contribution >= 4 is 75.3 Å². The van der Waals surface area contributed by atoms with Gasteiger partial charge in [0.25, 0.3) is 11.8 Å². The van der Waals surface area contributed by atoms with Crippen molar-refractivity contribution in [3.63, 3.8) is 0 Å². The Balaban J connectivity index is 1.19. The molecule has 3 fully saturated rings. The minimum atomic E-state index is -2.73. The second kappa shape index (κ2) is 14.2. The van der Waals surface area contributed by atoms with Crippen molar-refractivity contribution in [1.29, 1.82) is 0 Å². The minimum Gasteiger partial charge on any atom is -0.504 e. The zero-order valence-electron chi connectivity index (χ0n) is 31.0. The molecule has 4 aliphatic rings. The summed E-state index contributed by atoms with van der Waals surface area (Å²) in [7, 11) is 5.03. The fraction of sp³-hybridized carbons (Fsp3) is 0.268. The van der Waals surface area contributed by atoms with Gasteiger partial charge in [0.2, 0.25) is 17.6 Å². The molecule has 8 rings (SSSR count). The van der Waals surface area contributed by atoms with E-state index in [4.69, 9.17) is 27.9 Å². The summed E-state index contributed by atoms with van der Waals surface area (Å²) in [6.45, 7) is 0. The van der Waals surface area contributed by atoms with Crippen LogP contribution in [0.15, 0.2) is 88.6 Å². The molecule has 4 aromatic rings. The smallest absolute Gasteiger partial charge is 0.258 e. The molecule has 0 spiro atoms. The van der Waals surface area contributed by atoms with Gasteiger partial charge in [-0.1, -0.05) is 17.7 Å². The highest BCUT2D eigenvalue weighted by atomic mass is 35.5. The van der Waals surface area contributed by atoms with E-state index in [0.717, 1.165) is 10.6 Å². The number of phenolic OH excluding ortho intramolecular Hbond substituents is 1. The van der Waals surface area contributed by atoms with Crippen LogP contribution in [0.3, 0.4) is 0 Å². The van der Waals surface area contributed by atoms with E-state index in [2.05, 4.69) is 10.2 Å². The van der Waals surface area contributed by atoms with Gasteiger partial charge in [-0.25, -0.2) is 26.9 Å². The third-order valence-electron chi connectivity index (χ3n) is 11.5. The molecular formula is C41H30Cl2F5N5O6. The molecule has 2 aliphatic heterocycles. The van der Waals surface area contributed by atoms with Crippen LogP contribution in [0.5, 0.6) is 11.5 Å². The van der Waals surface area contributed by atoms with E-state index in [-0.39, 0.29) is 39.6 Å². The third-order valence-corrected chi connectivity index (χ3v) is 12.9. The molecule has 11 nitrogen and oxygen atoms in total. The molecule has 1 saturated carbocycles. The number of anilines is 3. The maximum Gasteiger partial charge on any atom is 0.258 e. The Morgan fingerprint density at radius 1 is 0.763 bits per heavy atom. The van der Waals surface area contributed by atoms with Crippen LogP contribution >= 0.6 is 23.2 Å². The van der Waals surface area contributed by atoms with Crippen LogP contribution in [-0.4, -0.2) is 59.7 Å². The van der Waals surface area contributed by atoms with Crippen LogP contribution < -0.4 is 19.4 Å². The van der Waals surface area contributed by atoms with Crippen LogP contribution in [0.2, 0.25) is 0 Å². The maximum absolute atomic E-state index is 15.3. The average molecular weight is 855 g/mol. The van der Waals surface area contributed by atoms with Gasteiger partial charge in [-0.15, -0.1) is 23.2 Å². The summed E-state index contributed by atoms with van der Waals surface area (Å²) in [4.78, 5) is 54.7. The summed E-state index contributed by atoms with van der Waals surface area (Å²) < 4.78 is 79.1. The highest BCUT2D eigenvalue weighted by Gasteiger charge is 2.77. The summed E-state index contributed by atoms with van der Waals surface area (Å²) >= 11 is 14.4. The largest absolute Gasteiger partial charge is 0.504 e. The van der Waals surface area contributed by atoms with E-state index in [9.17, 15) is 37.5 Å². The van der Waals surface area contributed by atoms with Gasteiger partial charge in [0.15, 0.2) is 44.5 Å². The number of halogens is 7. The lowest BCUT2D eigenvalue weighted by molar-refractivity contribution is -0.125. The SMILES string of the molecule is COc1cc([C@H]2C3=CC[C@@H]4C(=O)N(c5ccc(N=Nc6ccc(N(C)C)cc6)cc5)C(=O)[C@@H]4[C@@H]3C[C@@]3(Cl)C(=O)N(c4c(F)c(F)c(F)c(F)c4F)C(=O)[C@@]23Cl)ccc1O. The van der Waals surface area contributed by atoms with Gasteiger partial charge in [0.05, 0.1) is 36.0 Å². The summed E-state index contributed by atoms with van der Waals surface area (Å²) in [5.74, 6) is -22.2. The number of methoxy groups -OCH3 is 1. The van der Waals surface area contributed by atoms with Gasteiger partial charge in [-0.05, 0) is 85.0 Å². The number of nitrogens with zero attached hydrogens (tertiary/aromatic N) is 5. The summed E-state index contributed by atoms with van der Waals surface area (Å²) in [5.41, 5.74) is 0.589. The third kappa shape index (κ3) is 5.74. The first kappa shape index (κ1) is 39.9. The molecule has 0 bridgehead atoms. The molecule has 0 unspecified atom stereocenters. The minimum absolute atomic E-state index is 0.0616. The molecule has 2 aliphatic carbocycles. The van der Waals surface area contributed by atoms with Crippen molar-refractivity contribution in [1.82, 2.24) is 0 Å². The van der Waals surface area contributed by atoms with E-state index < -0.39 is 98.2 Å². The number of rotatable bonds is 7. The van der Waals surface area contributed by atoms with E-state index in [0.29, 0.717) is 11.4 Å². The number of amides is 4. The predicted molar refractivity (Wildman–Crippen MR) is 205 cm³/mol. The first-order valence-electron chi connectivity index (χ1n) is 18.0.